The van der Waals surface area contributed by atoms with Crippen molar-refractivity contribution in [2.75, 3.05) is 5.43 Å². The summed E-state index contributed by atoms with van der Waals surface area (Å²) >= 11 is 0. The van der Waals surface area contributed by atoms with Gasteiger partial charge in [0.25, 0.3) is 0 Å². The van der Waals surface area contributed by atoms with Crippen LogP contribution in [0, 0.1) is 0 Å². The highest BCUT2D eigenvalue weighted by Gasteiger charge is 1.87. The van der Waals surface area contributed by atoms with Gasteiger partial charge in [0.15, 0.2) is 0 Å². The first-order valence-corrected chi connectivity index (χ1v) is 3.42. The topological polar surface area (TPSA) is 38.0 Å². The van der Waals surface area contributed by atoms with Crippen LogP contribution in [0.4, 0.5) is 5.69 Å². The Balaban J connectivity index is 0.000001000. The first-order chi connectivity index (χ1) is 4.86. The van der Waals surface area contributed by atoms with Crippen molar-refractivity contribution in [1.29, 1.82) is 0 Å². The summed E-state index contributed by atoms with van der Waals surface area (Å²) in [6.07, 6.45) is 1.07. The maximum atomic E-state index is 5.19. The lowest BCUT2D eigenvalue weighted by Gasteiger charge is -1.99. The van der Waals surface area contributed by atoms with E-state index in [9.17, 15) is 0 Å². The molecule has 0 unspecified atom stereocenters. The predicted molar refractivity (Wildman–Crippen MR) is 50.9 cm³/mol. The molecule has 3 N–H and O–H groups in total. The van der Waals surface area contributed by atoms with Crippen molar-refractivity contribution in [3.8, 4) is 0 Å². The van der Waals surface area contributed by atoms with Gasteiger partial charge in [0.05, 0.1) is 0 Å². The number of nitrogen functional groups attached to an aromatic ring is 1. The second-order valence-corrected chi connectivity index (χ2v) is 2.19. The van der Waals surface area contributed by atoms with E-state index in [1.165, 1.54) is 5.56 Å². The van der Waals surface area contributed by atoms with Gasteiger partial charge in [-0.15, -0.1) is 12.4 Å². The smallest absolute Gasteiger partial charge is 0.0485 e. The van der Waals surface area contributed by atoms with Crippen molar-refractivity contribution >= 4 is 18.1 Å². The summed E-state index contributed by atoms with van der Waals surface area (Å²) in [7, 11) is 0. The summed E-state index contributed by atoms with van der Waals surface area (Å²) < 4.78 is 0. The van der Waals surface area contributed by atoms with Gasteiger partial charge in [-0.1, -0.05) is 19.1 Å². The molecule has 0 aliphatic carbocycles. The first kappa shape index (κ1) is 10.3. The first-order valence-electron chi connectivity index (χ1n) is 3.42. The fourth-order valence-corrected chi connectivity index (χ4v) is 0.837. The monoisotopic (exact) mass is 172 g/mol. The molecule has 0 spiro atoms. The van der Waals surface area contributed by atoms with Crippen molar-refractivity contribution in [1.82, 2.24) is 0 Å². The van der Waals surface area contributed by atoms with Crippen molar-refractivity contribution in [2.24, 2.45) is 5.84 Å². The molecule has 0 saturated carbocycles. The normalized spacial score (nSPS) is 8.55. The van der Waals surface area contributed by atoms with Crippen molar-refractivity contribution in [2.45, 2.75) is 13.3 Å². The van der Waals surface area contributed by atoms with Crippen LogP contribution in [0.15, 0.2) is 24.3 Å². The minimum Gasteiger partial charge on any atom is -0.324 e. The number of nitrogens with one attached hydrogen (secondary N) is 1. The van der Waals surface area contributed by atoms with E-state index < -0.39 is 0 Å². The Labute approximate surface area is 73.2 Å². The van der Waals surface area contributed by atoms with E-state index in [1.807, 2.05) is 12.1 Å². The number of rotatable bonds is 2. The molecule has 3 heteroatoms. The number of halogens is 1. The van der Waals surface area contributed by atoms with Gasteiger partial charge in [-0.3, -0.25) is 5.84 Å². The van der Waals surface area contributed by atoms with Crippen LogP contribution < -0.4 is 11.3 Å². The fraction of sp³-hybridized carbons (Fsp3) is 0.250. The molecule has 2 nitrogen and oxygen atoms in total. The Kier molecular flexibility index (Phi) is 4.66. The zero-order chi connectivity index (χ0) is 7.40. The second kappa shape index (κ2) is 4.99. The third kappa shape index (κ3) is 2.78. The Hall–Kier alpha value is -0.730. The van der Waals surface area contributed by atoms with E-state index in [4.69, 9.17) is 5.84 Å². The molecule has 0 bridgehead atoms. The van der Waals surface area contributed by atoms with Gasteiger partial charge in [0, 0.05) is 5.69 Å². The van der Waals surface area contributed by atoms with E-state index in [-0.39, 0.29) is 12.4 Å². The van der Waals surface area contributed by atoms with Crippen LogP contribution in [0.1, 0.15) is 12.5 Å². The highest BCUT2D eigenvalue weighted by atomic mass is 35.5. The lowest BCUT2D eigenvalue weighted by atomic mass is 10.2. The Morgan fingerprint density at radius 3 is 2.18 bits per heavy atom. The van der Waals surface area contributed by atoms with Crippen molar-refractivity contribution in [3.05, 3.63) is 29.8 Å². The minimum absolute atomic E-state index is 0. The molecule has 1 aromatic rings. The number of hydrogen-bond donors (Lipinski definition) is 2. The molecule has 0 aliphatic rings. The van der Waals surface area contributed by atoms with E-state index in [0.29, 0.717) is 0 Å². The van der Waals surface area contributed by atoms with E-state index in [2.05, 4.69) is 24.5 Å². The zero-order valence-corrected chi connectivity index (χ0v) is 7.32. The maximum Gasteiger partial charge on any atom is 0.0485 e. The molecule has 0 heterocycles. The van der Waals surface area contributed by atoms with Crippen molar-refractivity contribution in [3.63, 3.8) is 0 Å². The Bertz CT molecular complexity index is 173. The van der Waals surface area contributed by atoms with E-state index >= 15 is 0 Å². The average molecular weight is 173 g/mol. The van der Waals surface area contributed by atoms with Crippen molar-refractivity contribution < 1.29 is 0 Å². The number of hydrazine groups is 1. The van der Waals surface area contributed by atoms with Crippen LogP contribution in [0.25, 0.3) is 0 Å². The quantitative estimate of drug-likeness (QED) is 0.529. The summed E-state index contributed by atoms with van der Waals surface area (Å²) in [5.41, 5.74) is 4.87. The molecule has 0 amide bonds. The molecule has 1 aromatic carbocycles. The van der Waals surface area contributed by atoms with Crippen LogP contribution in [0.3, 0.4) is 0 Å². The number of anilines is 1. The molecule has 0 aliphatic heterocycles. The third-order valence-corrected chi connectivity index (χ3v) is 1.53. The maximum absolute atomic E-state index is 5.19. The van der Waals surface area contributed by atoms with E-state index in [0.717, 1.165) is 12.1 Å². The van der Waals surface area contributed by atoms with Gasteiger partial charge in [-0.25, -0.2) is 0 Å². The van der Waals surface area contributed by atoms with Gasteiger partial charge in [-0.2, -0.15) is 0 Å². The average Bonchev–Trinajstić information content (AvgIpc) is 2.05. The van der Waals surface area contributed by atoms with Crippen LogP contribution in [-0.4, -0.2) is 0 Å². The summed E-state index contributed by atoms with van der Waals surface area (Å²) in [5, 5.41) is 0. The molecular weight excluding hydrogens is 160 g/mol. The van der Waals surface area contributed by atoms with Gasteiger partial charge >= 0.3 is 0 Å². The molecule has 62 valence electrons. The zero-order valence-electron chi connectivity index (χ0n) is 6.50. The standard InChI is InChI=1S/C8H12N2.ClH/c1-2-7-3-5-8(10-9)6-4-7;/h3-6,10H,2,9H2,1H3;1H. The number of nitrogens with two attached hydrogens (primary N) is 1. The van der Waals surface area contributed by atoms with Gasteiger partial charge in [0.2, 0.25) is 0 Å². The van der Waals surface area contributed by atoms with Gasteiger partial charge in [-0.05, 0) is 24.1 Å². The summed E-state index contributed by atoms with van der Waals surface area (Å²) in [4.78, 5) is 0. The Morgan fingerprint density at radius 2 is 1.82 bits per heavy atom. The second-order valence-electron chi connectivity index (χ2n) is 2.19. The highest BCUT2D eigenvalue weighted by molar-refractivity contribution is 5.85. The number of benzene rings is 1. The number of hydrogen-bond acceptors (Lipinski definition) is 2. The minimum atomic E-state index is 0. The fourth-order valence-electron chi connectivity index (χ4n) is 0.837. The molecule has 0 radical (unpaired) electrons. The molecule has 0 aromatic heterocycles. The largest absolute Gasteiger partial charge is 0.324 e. The molecule has 1 rings (SSSR count). The number of aryl methyl sites for hydroxylation is 1. The molecular formula is C8H13ClN2. The van der Waals surface area contributed by atoms with E-state index in [1.54, 1.807) is 0 Å². The Morgan fingerprint density at radius 1 is 1.27 bits per heavy atom. The highest BCUT2D eigenvalue weighted by Crippen LogP contribution is 2.07. The molecule has 0 atom stereocenters. The van der Waals surface area contributed by atoms with Gasteiger partial charge < -0.3 is 5.43 Å². The predicted octanol–water partition coefficient (Wildman–Crippen LogP) is 1.96. The molecule has 11 heavy (non-hydrogen) atoms. The molecule has 0 saturated heterocycles. The van der Waals surface area contributed by atoms with Crippen LogP contribution in [0.2, 0.25) is 0 Å². The summed E-state index contributed by atoms with van der Waals surface area (Å²) in [5.74, 6) is 5.19. The summed E-state index contributed by atoms with van der Waals surface area (Å²) in [6, 6.07) is 8.07. The summed E-state index contributed by atoms with van der Waals surface area (Å²) in [6.45, 7) is 2.13. The molecule has 0 fully saturated rings. The lowest BCUT2D eigenvalue weighted by Crippen LogP contribution is -2.06. The van der Waals surface area contributed by atoms with Crippen LogP contribution >= 0.6 is 12.4 Å². The van der Waals surface area contributed by atoms with Crippen LogP contribution in [-0.2, 0) is 6.42 Å². The third-order valence-electron chi connectivity index (χ3n) is 1.53. The van der Waals surface area contributed by atoms with Crippen LogP contribution in [0.5, 0.6) is 0 Å². The van der Waals surface area contributed by atoms with Gasteiger partial charge in [0.1, 0.15) is 0 Å². The lowest BCUT2D eigenvalue weighted by molar-refractivity contribution is 1.14. The SMILES string of the molecule is CCc1ccc(NN)cc1.Cl.